The second-order valence-corrected chi connectivity index (χ2v) is 5.87. The first-order valence-corrected chi connectivity index (χ1v) is 7.67. The summed E-state index contributed by atoms with van der Waals surface area (Å²) in [7, 11) is 0. The van der Waals surface area contributed by atoms with Crippen molar-refractivity contribution in [2.24, 2.45) is 0 Å². The van der Waals surface area contributed by atoms with Gasteiger partial charge in [-0.1, -0.05) is 18.2 Å². The highest BCUT2D eigenvalue weighted by Gasteiger charge is 2.15. The van der Waals surface area contributed by atoms with Gasteiger partial charge in [-0.05, 0) is 42.3 Å². The number of aliphatic hydroxyl groups is 1. The van der Waals surface area contributed by atoms with Crippen molar-refractivity contribution in [3.8, 4) is 17.2 Å². The third-order valence-corrected chi connectivity index (χ3v) is 3.71. The molecule has 1 aliphatic rings. The highest BCUT2D eigenvalue weighted by molar-refractivity contribution is 5.44. The number of hydrogen-bond acceptors (Lipinski definition) is 5. The molecule has 2 aromatic carbocycles. The van der Waals surface area contributed by atoms with E-state index in [1.807, 2.05) is 30.3 Å². The van der Waals surface area contributed by atoms with Gasteiger partial charge in [0.05, 0.1) is 6.10 Å². The molecule has 2 aromatic rings. The zero-order valence-corrected chi connectivity index (χ0v) is 13.1. The summed E-state index contributed by atoms with van der Waals surface area (Å²) >= 11 is 0. The number of aliphatic hydroxyl groups excluding tert-OH is 1. The lowest BCUT2D eigenvalue weighted by molar-refractivity contribution is 0.118. The lowest BCUT2D eigenvalue weighted by Gasteiger charge is -2.24. The second-order valence-electron chi connectivity index (χ2n) is 5.87. The van der Waals surface area contributed by atoms with Crippen LogP contribution in [0.2, 0.25) is 0 Å². The number of fused-ring (bicyclic) bond motifs is 1. The quantitative estimate of drug-likeness (QED) is 0.857. The molecule has 5 nitrogen and oxygen atoms in total. The summed E-state index contributed by atoms with van der Waals surface area (Å²) in [6, 6.07) is 13.0. The van der Waals surface area contributed by atoms with Crippen molar-refractivity contribution >= 4 is 0 Å². The molecular formula is C18H21NO4. The van der Waals surface area contributed by atoms with Crippen LogP contribution in [0.25, 0.3) is 0 Å². The second kappa shape index (κ2) is 6.89. The fourth-order valence-electron chi connectivity index (χ4n) is 2.72. The van der Waals surface area contributed by atoms with E-state index >= 15 is 0 Å². The molecule has 0 fully saturated rings. The first kappa shape index (κ1) is 15.6. The predicted octanol–water partition coefficient (Wildman–Crippen LogP) is 2.50. The fraction of sp³-hybridized carbons (Fsp3) is 0.333. The Hall–Kier alpha value is -2.24. The maximum Gasteiger partial charge on any atom is 0.231 e. The lowest BCUT2D eigenvalue weighted by atomic mass is 10.1. The van der Waals surface area contributed by atoms with Gasteiger partial charge in [0.15, 0.2) is 11.5 Å². The van der Waals surface area contributed by atoms with E-state index in [4.69, 9.17) is 9.47 Å². The van der Waals surface area contributed by atoms with Gasteiger partial charge in [0.25, 0.3) is 0 Å². The zero-order chi connectivity index (χ0) is 16.2. The molecule has 122 valence electrons. The average molecular weight is 315 g/mol. The summed E-state index contributed by atoms with van der Waals surface area (Å²) in [5.41, 5.74) is 2.19. The van der Waals surface area contributed by atoms with E-state index in [-0.39, 0.29) is 12.5 Å². The maximum absolute atomic E-state index is 9.75. The van der Waals surface area contributed by atoms with Crippen molar-refractivity contribution in [3.05, 3.63) is 53.6 Å². The molecule has 0 radical (unpaired) electrons. The molecule has 3 rings (SSSR count). The highest BCUT2D eigenvalue weighted by Crippen LogP contribution is 2.32. The molecule has 2 N–H and O–H groups in total. The Morgan fingerprint density at radius 2 is 1.65 bits per heavy atom. The van der Waals surface area contributed by atoms with Crippen LogP contribution in [0.4, 0.5) is 0 Å². The van der Waals surface area contributed by atoms with Gasteiger partial charge in [-0.2, -0.15) is 0 Å². The molecule has 1 heterocycles. The minimum absolute atomic E-state index is 0.256. The van der Waals surface area contributed by atoms with Crippen LogP contribution in [0, 0.1) is 0 Å². The van der Waals surface area contributed by atoms with Gasteiger partial charge in [-0.15, -0.1) is 0 Å². The summed E-state index contributed by atoms with van der Waals surface area (Å²) in [5, 5.41) is 19.1. The fourth-order valence-corrected chi connectivity index (χ4v) is 2.72. The summed E-state index contributed by atoms with van der Waals surface area (Å²) in [6.45, 7) is 4.00. The molecule has 0 unspecified atom stereocenters. The van der Waals surface area contributed by atoms with Gasteiger partial charge in [0.1, 0.15) is 5.75 Å². The van der Waals surface area contributed by atoms with Crippen LogP contribution in [0.1, 0.15) is 18.1 Å². The predicted molar refractivity (Wildman–Crippen MR) is 86.5 cm³/mol. The first-order chi connectivity index (χ1) is 11.1. The van der Waals surface area contributed by atoms with Crippen LogP contribution in [0.5, 0.6) is 17.2 Å². The number of ether oxygens (including phenoxy) is 2. The topological polar surface area (TPSA) is 62.2 Å². The van der Waals surface area contributed by atoms with Gasteiger partial charge in [-0.3, -0.25) is 4.90 Å². The van der Waals surface area contributed by atoms with Crippen LogP contribution >= 0.6 is 0 Å². The van der Waals surface area contributed by atoms with Crippen LogP contribution in [-0.2, 0) is 13.1 Å². The van der Waals surface area contributed by atoms with E-state index < -0.39 is 6.10 Å². The molecule has 0 spiro atoms. The van der Waals surface area contributed by atoms with Gasteiger partial charge in [0, 0.05) is 19.6 Å². The normalized spacial score (nSPS) is 14.2. The first-order valence-electron chi connectivity index (χ1n) is 7.67. The van der Waals surface area contributed by atoms with Crippen molar-refractivity contribution in [2.75, 3.05) is 13.3 Å². The Morgan fingerprint density at radius 1 is 1.00 bits per heavy atom. The molecular weight excluding hydrogens is 294 g/mol. The Bertz CT molecular complexity index is 655. The number of phenols is 1. The highest BCUT2D eigenvalue weighted by atomic mass is 16.7. The largest absolute Gasteiger partial charge is 0.508 e. The van der Waals surface area contributed by atoms with Crippen molar-refractivity contribution in [1.29, 1.82) is 0 Å². The van der Waals surface area contributed by atoms with Crippen LogP contribution in [0.15, 0.2) is 42.5 Å². The minimum Gasteiger partial charge on any atom is -0.508 e. The van der Waals surface area contributed by atoms with Crippen molar-refractivity contribution < 1.29 is 19.7 Å². The number of rotatable bonds is 6. The Morgan fingerprint density at radius 3 is 2.39 bits per heavy atom. The molecule has 1 aliphatic heterocycles. The zero-order valence-electron chi connectivity index (χ0n) is 13.1. The third kappa shape index (κ3) is 4.15. The van der Waals surface area contributed by atoms with Crippen molar-refractivity contribution in [2.45, 2.75) is 26.1 Å². The van der Waals surface area contributed by atoms with E-state index in [0.29, 0.717) is 19.6 Å². The van der Waals surface area contributed by atoms with E-state index in [1.54, 1.807) is 19.1 Å². The van der Waals surface area contributed by atoms with Crippen molar-refractivity contribution in [3.63, 3.8) is 0 Å². The molecule has 1 atom stereocenters. The van der Waals surface area contributed by atoms with E-state index in [2.05, 4.69) is 4.90 Å². The number of aromatic hydroxyl groups is 1. The standard InChI is InChI=1S/C18H21NO4/c1-13(20)9-19(10-14-2-5-16(21)6-3-14)11-15-4-7-17-18(8-15)23-12-22-17/h2-8,13,20-21H,9-12H2,1H3/t13-/m1/s1. The smallest absolute Gasteiger partial charge is 0.231 e. The SMILES string of the molecule is C[C@@H](O)CN(Cc1ccc(O)cc1)Cc1ccc2c(c1)OCO2. The maximum atomic E-state index is 9.75. The van der Waals surface area contributed by atoms with Gasteiger partial charge in [-0.25, -0.2) is 0 Å². The van der Waals surface area contributed by atoms with E-state index in [0.717, 1.165) is 22.6 Å². The summed E-state index contributed by atoms with van der Waals surface area (Å²) in [6.07, 6.45) is -0.416. The Labute approximate surface area is 135 Å². The third-order valence-electron chi connectivity index (χ3n) is 3.71. The number of hydrogen-bond donors (Lipinski definition) is 2. The lowest BCUT2D eigenvalue weighted by Crippen LogP contribution is -2.30. The molecule has 5 heteroatoms. The number of benzene rings is 2. The number of phenolic OH excluding ortho intramolecular Hbond substituents is 1. The molecule has 0 amide bonds. The Balaban J connectivity index is 1.72. The molecule has 0 bridgehead atoms. The van der Waals surface area contributed by atoms with Crippen LogP contribution < -0.4 is 9.47 Å². The molecule has 23 heavy (non-hydrogen) atoms. The minimum atomic E-state index is -0.416. The van der Waals surface area contributed by atoms with Gasteiger partial charge in [0.2, 0.25) is 6.79 Å². The van der Waals surface area contributed by atoms with E-state index in [1.165, 1.54) is 0 Å². The molecule has 0 aromatic heterocycles. The molecule has 0 saturated heterocycles. The molecule has 0 aliphatic carbocycles. The van der Waals surface area contributed by atoms with Gasteiger partial charge < -0.3 is 19.7 Å². The summed E-state index contributed by atoms with van der Waals surface area (Å²) in [5.74, 6) is 1.80. The van der Waals surface area contributed by atoms with Crippen LogP contribution in [0.3, 0.4) is 0 Å². The van der Waals surface area contributed by atoms with E-state index in [9.17, 15) is 10.2 Å². The monoisotopic (exact) mass is 315 g/mol. The van der Waals surface area contributed by atoms with Crippen molar-refractivity contribution in [1.82, 2.24) is 4.90 Å². The average Bonchev–Trinajstić information content (AvgIpc) is 2.96. The van der Waals surface area contributed by atoms with Gasteiger partial charge >= 0.3 is 0 Å². The summed E-state index contributed by atoms with van der Waals surface area (Å²) in [4.78, 5) is 2.16. The summed E-state index contributed by atoms with van der Waals surface area (Å²) < 4.78 is 10.7. The number of nitrogens with zero attached hydrogens (tertiary/aromatic N) is 1. The Kier molecular flexibility index (Phi) is 4.69. The molecule has 0 saturated carbocycles. The van der Waals surface area contributed by atoms with Crippen LogP contribution in [-0.4, -0.2) is 34.6 Å².